The molecule has 1 aromatic heterocycles. The summed E-state index contributed by atoms with van der Waals surface area (Å²) in [4.78, 5) is 0. The summed E-state index contributed by atoms with van der Waals surface area (Å²) in [6, 6.07) is 5.77. The van der Waals surface area contributed by atoms with Crippen LogP contribution in [0.15, 0.2) is 22.6 Å². The summed E-state index contributed by atoms with van der Waals surface area (Å²) in [6.07, 6.45) is 1.09. The first-order chi connectivity index (χ1) is 9.02. The van der Waals surface area contributed by atoms with Gasteiger partial charge in [0.2, 0.25) is 0 Å². The van der Waals surface area contributed by atoms with Crippen molar-refractivity contribution in [2.24, 2.45) is 5.92 Å². The third-order valence-corrected chi connectivity index (χ3v) is 3.69. The zero-order valence-corrected chi connectivity index (χ0v) is 13.0. The van der Waals surface area contributed by atoms with E-state index in [4.69, 9.17) is 27.6 Å². The molecule has 1 atom stereocenters. The smallest absolute Gasteiger partial charge is 0.137 e. The highest BCUT2D eigenvalue weighted by Gasteiger charge is 2.20. The molecule has 1 heterocycles. The molecular formula is C15H19Cl2NO. The summed E-state index contributed by atoms with van der Waals surface area (Å²) in [7, 11) is 0. The molecule has 0 radical (unpaired) electrons. The van der Waals surface area contributed by atoms with E-state index in [1.807, 2.05) is 12.1 Å². The predicted molar refractivity (Wildman–Crippen MR) is 82.1 cm³/mol. The molecule has 1 aromatic carbocycles. The quantitative estimate of drug-likeness (QED) is 0.795. The van der Waals surface area contributed by atoms with Gasteiger partial charge in [-0.3, -0.25) is 0 Å². The van der Waals surface area contributed by atoms with Gasteiger partial charge in [0.1, 0.15) is 11.3 Å². The van der Waals surface area contributed by atoms with Gasteiger partial charge in [0.15, 0.2) is 0 Å². The normalized spacial score (nSPS) is 13.4. The van der Waals surface area contributed by atoms with E-state index in [-0.39, 0.29) is 6.04 Å². The van der Waals surface area contributed by atoms with Gasteiger partial charge in [0.25, 0.3) is 0 Å². The fourth-order valence-electron chi connectivity index (χ4n) is 2.20. The number of halogens is 2. The van der Waals surface area contributed by atoms with Crippen LogP contribution in [0.1, 0.15) is 39.0 Å². The summed E-state index contributed by atoms with van der Waals surface area (Å²) in [5, 5.41) is 5.66. The molecule has 0 saturated heterocycles. The average Bonchev–Trinajstić information content (AvgIpc) is 2.73. The minimum Gasteiger partial charge on any atom is -0.459 e. The minimum atomic E-state index is 0.196. The van der Waals surface area contributed by atoms with E-state index < -0.39 is 0 Å². The Morgan fingerprint density at radius 1 is 1.21 bits per heavy atom. The standard InChI is InChI=1S/C15H19Cl2NO/c1-4-5-18-15(9(2)3)14-8-11-12(17)6-10(16)7-13(11)19-14/h6-9,15,18H,4-5H2,1-3H3. The molecule has 0 spiro atoms. The Balaban J connectivity index is 2.40. The van der Waals surface area contributed by atoms with Crippen molar-refractivity contribution in [3.05, 3.63) is 34.0 Å². The molecule has 1 N–H and O–H groups in total. The molecule has 0 amide bonds. The van der Waals surface area contributed by atoms with Crippen molar-refractivity contribution in [3.63, 3.8) is 0 Å². The minimum absolute atomic E-state index is 0.196. The van der Waals surface area contributed by atoms with Gasteiger partial charge in [-0.2, -0.15) is 0 Å². The number of benzene rings is 1. The summed E-state index contributed by atoms with van der Waals surface area (Å²) >= 11 is 12.2. The second kappa shape index (κ2) is 6.17. The first-order valence-corrected chi connectivity index (χ1v) is 7.40. The molecular weight excluding hydrogens is 281 g/mol. The van der Waals surface area contributed by atoms with Crippen LogP contribution in [0.3, 0.4) is 0 Å². The third-order valence-electron chi connectivity index (χ3n) is 3.16. The van der Waals surface area contributed by atoms with Crippen LogP contribution in [-0.2, 0) is 0 Å². The Hall–Kier alpha value is -0.700. The van der Waals surface area contributed by atoms with Gasteiger partial charge >= 0.3 is 0 Å². The van der Waals surface area contributed by atoms with E-state index in [2.05, 4.69) is 26.1 Å². The van der Waals surface area contributed by atoms with E-state index in [1.165, 1.54) is 0 Å². The van der Waals surface area contributed by atoms with Crippen molar-refractivity contribution >= 4 is 34.2 Å². The molecule has 19 heavy (non-hydrogen) atoms. The van der Waals surface area contributed by atoms with Crippen LogP contribution >= 0.6 is 23.2 Å². The van der Waals surface area contributed by atoms with Crippen LogP contribution in [0.4, 0.5) is 0 Å². The highest BCUT2D eigenvalue weighted by Crippen LogP contribution is 2.34. The second-order valence-corrected chi connectivity index (χ2v) is 5.97. The number of fused-ring (bicyclic) bond motifs is 1. The lowest BCUT2D eigenvalue weighted by molar-refractivity contribution is 0.351. The maximum atomic E-state index is 6.20. The number of furan rings is 1. The van der Waals surface area contributed by atoms with E-state index in [9.17, 15) is 0 Å². The maximum absolute atomic E-state index is 6.20. The lowest BCUT2D eigenvalue weighted by Gasteiger charge is -2.19. The molecule has 2 aromatic rings. The Morgan fingerprint density at radius 2 is 1.95 bits per heavy atom. The molecule has 0 saturated carbocycles. The van der Waals surface area contributed by atoms with Crippen LogP contribution < -0.4 is 5.32 Å². The van der Waals surface area contributed by atoms with E-state index in [0.717, 1.165) is 29.7 Å². The van der Waals surface area contributed by atoms with Crippen molar-refractivity contribution < 1.29 is 4.42 Å². The zero-order valence-electron chi connectivity index (χ0n) is 11.5. The van der Waals surface area contributed by atoms with Crippen LogP contribution in [0.2, 0.25) is 10.0 Å². The molecule has 0 bridgehead atoms. The molecule has 2 rings (SSSR count). The van der Waals surface area contributed by atoms with Crippen molar-refractivity contribution in [2.45, 2.75) is 33.2 Å². The first kappa shape index (κ1) is 14.7. The summed E-state index contributed by atoms with van der Waals surface area (Å²) in [5.74, 6) is 1.36. The Kier molecular flexibility index (Phi) is 4.77. The van der Waals surface area contributed by atoms with Crippen LogP contribution in [0.5, 0.6) is 0 Å². The summed E-state index contributed by atoms with van der Waals surface area (Å²) in [5.41, 5.74) is 0.747. The molecule has 2 nitrogen and oxygen atoms in total. The monoisotopic (exact) mass is 299 g/mol. The van der Waals surface area contributed by atoms with Gasteiger partial charge < -0.3 is 9.73 Å². The number of rotatable bonds is 5. The molecule has 4 heteroatoms. The van der Waals surface area contributed by atoms with Gasteiger partial charge in [0, 0.05) is 16.5 Å². The fraction of sp³-hybridized carbons (Fsp3) is 0.467. The molecule has 0 aliphatic rings. The van der Waals surface area contributed by atoms with Crippen molar-refractivity contribution in [2.75, 3.05) is 6.54 Å². The fourth-order valence-corrected chi connectivity index (χ4v) is 2.73. The van der Waals surface area contributed by atoms with Crippen LogP contribution in [-0.4, -0.2) is 6.54 Å². The Morgan fingerprint density at radius 3 is 2.58 bits per heavy atom. The Bertz CT molecular complexity index is 563. The lowest BCUT2D eigenvalue weighted by atomic mass is 10.0. The highest BCUT2D eigenvalue weighted by molar-refractivity contribution is 6.38. The Labute approximate surface area is 124 Å². The van der Waals surface area contributed by atoms with E-state index >= 15 is 0 Å². The van der Waals surface area contributed by atoms with Crippen LogP contribution in [0, 0.1) is 5.92 Å². The van der Waals surface area contributed by atoms with Crippen molar-refractivity contribution in [1.82, 2.24) is 5.32 Å². The van der Waals surface area contributed by atoms with E-state index in [1.54, 1.807) is 6.07 Å². The predicted octanol–water partition coefficient (Wildman–Crippen LogP) is 5.44. The van der Waals surface area contributed by atoms with E-state index in [0.29, 0.717) is 16.0 Å². The third kappa shape index (κ3) is 3.25. The SMILES string of the molecule is CCCNC(c1cc2c(Cl)cc(Cl)cc2o1)C(C)C. The van der Waals surface area contributed by atoms with Gasteiger partial charge in [-0.25, -0.2) is 0 Å². The van der Waals surface area contributed by atoms with Gasteiger partial charge in [-0.05, 0) is 31.0 Å². The number of hydrogen-bond donors (Lipinski definition) is 1. The van der Waals surface area contributed by atoms with Gasteiger partial charge in [-0.1, -0.05) is 44.0 Å². The number of nitrogens with one attached hydrogen (secondary N) is 1. The topological polar surface area (TPSA) is 25.2 Å². The van der Waals surface area contributed by atoms with Gasteiger partial charge in [0.05, 0.1) is 11.1 Å². The lowest BCUT2D eigenvalue weighted by Crippen LogP contribution is -2.25. The average molecular weight is 300 g/mol. The summed E-state index contributed by atoms with van der Waals surface area (Å²) in [6.45, 7) is 7.47. The molecule has 0 aliphatic heterocycles. The number of hydrogen-bond acceptors (Lipinski definition) is 2. The van der Waals surface area contributed by atoms with Crippen LogP contribution in [0.25, 0.3) is 11.0 Å². The van der Waals surface area contributed by atoms with Gasteiger partial charge in [-0.15, -0.1) is 0 Å². The second-order valence-electron chi connectivity index (χ2n) is 5.12. The largest absolute Gasteiger partial charge is 0.459 e. The van der Waals surface area contributed by atoms with Crippen molar-refractivity contribution in [3.8, 4) is 0 Å². The highest BCUT2D eigenvalue weighted by atomic mass is 35.5. The maximum Gasteiger partial charge on any atom is 0.137 e. The van der Waals surface area contributed by atoms with Crippen molar-refractivity contribution in [1.29, 1.82) is 0 Å². The molecule has 104 valence electrons. The first-order valence-electron chi connectivity index (χ1n) is 6.64. The summed E-state index contributed by atoms with van der Waals surface area (Å²) < 4.78 is 5.92. The molecule has 1 unspecified atom stereocenters. The molecule has 0 fully saturated rings. The zero-order chi connectivity index (χ0) is 14.0. The molecule has 0 aliphatic carbocycles.